The number of guanidine groups is 1. The summed E-state index contributed by atoms with van der Waals surface area (Å²) in [6, 6.07) is 9.80. The first-order chi connectivity index (χ1) is 15.4. The van der Waals surface area contributed by atoms with Crippen molar-refractivity contribution in [2.45, 2.75) is 19.3 Å². The van der Waals surface area contributed by atoms with E-state index in [1.54, 1.807) is 6.26 Å². The molecule has 4 rings (SSSR count). The van der Waals surface area contributed by atoms with Gasteiger partial charge in [0.1, 0.15) is 5.76 Å². The third kappa shape index (κ3) is 6.90. The maximum Gasteiger partial charge on any atom is 0.195 e. The lowest BCUT2D eigenvalue weighted by atomic mass is 10.2. The van der Waals surface area contributed by atoms with Gasteiger partial charge in [0, 0.05) is 57.3 Å². The maximum absolute atomic E-state index is 5.81. The van der Waals surface area contributed by atoms with Gasteiger partial charge in [-0.25, -0.2) is 0 Å². The SMILES string of the molecule is c1coc(CCNC(=NCCCN2CCOCC2)Nc2ccc3c(c2)OCCCO3)c1. The van der Waals surface area contributed by atoms with Gasteiger partial charge in [0.15, 0.2) is 17.5 Å². The molecule has 0 saturated carbocycles. The molecule has 3 heterocycles. The third-order valence-electron chi connectivity index (χ3n) is 5.26. The molecule has 1 aromatic heterocycles. The van der Waals surface area contributed by atoms with Crippen LogP contribution in [0.1, 0.15) is 18.6 Å². The minimum absolute atomic E-state index is 0.667. The molecule has 1 aromatic carbocycles. The number of nitrogens with zero attached hydrogens (tertiary/aromatic N) is 2. The van der Waals surface area contributed by atoms with E-state index in [0.29, 0.717) is 13.2 Å². The van der Waals surface area contributed by atoms with Gasteiger partial charge in [-0.1, -0.05) is 0 Å². The van der Waals surface area contributed by atoms with E-state index in [2.05, 4.69) is 15.5 Å². The van der Waals surface area contributed by atoms with E-state index in [1.165, 1.54) is 0 Å². The summed E-state index contributed by atoms with van der Waals surface area (Å²) >= 11 is 0. The number of aliphatic imine (C=N–C) groups is 1. The Balaban J connectivity index is 1.34. The molecular weight excluding hydrogens is 396 g/mol. The van der Waals surface area contributed by atoms with Gasteiger partial charge in [-0.15, -0.1) is 0 Å². The van der Waals surface area contributed by atoms with Crippen molar-refractivity contribution in [3.8, 4) is 11.5 Å². The zero-order valence-corrected chi connectivity index (χ0v) is 18.0. The van der Waals surface area contributed by atoms with Crippen molar-refractivity contribution in [3.05, 3.63) is 42.4 Å². The van der Waals surface area contributed by atoms with Crippen LogP contribution in [-0.2, 0) is 11.2 Å². The second kappa shape index (κ2) is 11.6. The Morgan fingerprint density at radius 3 is 2.74 bits per heavy atom. The molecule has 0 atom stereocenters. The molecule has 0 radical (unpaired) electrons. The smallest absolute Gasteiger partial charge is 0.195 e. The highest BCUT2D eigenvalue weighted by Gasteiger charge is 2.12. The number of anilines is 1. The zero-order chi connectivity index (χ0) is 21.1. The molecular formula is C23H32N4O4. The van der Waals surface area contributed by atoms with Gasteiger partial charge in [0.25, 0.3) is 0 Å². The van der Waals surface area contributed by atoms with Crippen LogP contribution < -0.4 is 20.1 Å². The van der Waals surface area contributed by atoms with Crippen LogP contribution in [0.25, 0.3) is 0 Å². The summed E-state index contributed by atoms with van der Waals surface area (Å²) in [5.74, 6) is 3.26. The van der Waals surface area contributed by atoms with Crippen LogP contribution in [0.15, 0.2) is 46.0 Å². The third-order valence-corrected chi connectivity index (χ3v) is 5.26. The molecule has 0 spiro atoms. The largest absolute Gasteiger partial charge is 0.490 e. The van der Waals surface area contributed by atoms with Crippen LogP contribution >= 0.6 is 0 Å². The lowest BCUT2D eigenvalue weighted by Gasteiger charge is -2.26. The van der Waals surface area contributed by atoms with E-state index in [0.717, 1.165) is 94.1 Å². The van der Waals surface area contributed by atoms with Crippen molar-refractivity contribution < 1.29 is 18.6 Å². The highest BCUT2D eigenvalue weighted by molar-refractivity contribution is 5.94. The number of hydrogen-bond acceptors (Lipinski definition) is 6. The molecule has 0 amide bonds. The Kier molecular flexibility index (Phi) is 8.07. The van der Waals surface area contributed by atoms with E-state index in [1.807, 2.05) is 30.3 Å². The monoisotopic (exact) mass is 428 g/mol. The molecule has 2 aliphatic rings. The van der Waals surface area contributed by atoms with E-state index in [9.17, 15) is 0 Å². The molecule has 2 N–H and O–H groups in total. The van der Waals surface area contributed by atoms with Crippen LogP contribution in [0.3, 0.4) is 0 Å². The standard InChI is InChI=1S/C23H32N4O4/c1-4-20(29-13-1)7-9-25-23(24-8-2-10-27-11-16-28-17-12-27)26-19-5-6-21-22(18-19)31-15-3-14-30-21/h1,4-6,13,18H,2-3,7-12,14-17H2,(H2,24,25,26). The fraction of sp³-hybridized carbons (Fsp3) is 0.522. The Labute approximate surface area is 183 Å². The molecule has 0 unspecified atom stereocenters. The van der Waals surface area contributed by atoms with Crippen molar-refractivity contribution >= 4 is 11.6 Å². The van der Waals surface area contributed by atoms with Crippen LogP contribution in [0, 0.1) is 0 Å². The van der Waals surface area contributed by atoms with Crippen LogP contribution in [-0.4, -0.2) is 70.0 Å². The summed E-state index contributed by atoms with van der Waals surface area (Å²) in [5, 5.41) is 6.82. The number of nitrogens with one attached hydrogen (secondary N) is 2. The summed E-state index contributed by atoms with van der Waals surface area (Å²) in [7, 11) is 0. The van der Waals surface area contributed by atoms with Crippen LogP contribution in [0.5, 0.6) is 11.5 Å². The zero-order valence-electron chi connectivity index (χ0n) is 18.0. The second-order valence-corrected chi connectivity index (χ2v) is 7.63. The van der Waals surface area contributed by atoms with E-state index in [-0.39, 0.29) is 0 Å². The number of ether oxygens (including phenoxy) is 3. The minimum atomic E-state index is 0.667. The fourth-order valence-electron chi connectivity index (χ4n) is 3.59. The van der Waals surface area contributed by atoms with E-state index in [4.69, 9.17) is 23.6 Å². The summed E-state index contributed by atoms with van der Waals surface area (Å²) in [6.45, 7) is 7.54. The highest BCUT2D eigenvalue weighted by Crippen LogP contribution is 2.32. The lowest BCUT2D eigenvalue weighted by Crippen LogP contribution is -2.37. The van der Waals surface area contributed by atoms with Gasteiger partial charge >= 0.3 is 0 Å². The van der Waals surface area contributed by atoms with Gasteiger partial charge in [-0.3, -0.25) is 9.89 Å². The molecule has 31 heavy (non-hydrogen) atoms. The molecule has 8 heteroatoms. The first-order valence-corrected chi connectivity index (χ1v) is 11.1. The molecule has 2 aromatic rings. The van der Waals surface area contributed by atoms with Crippen molar-refractivity contribution in [3.63, 3.8) is 0 Å². The molecule has 1 saturated heterocycles. The van der Waals surface area contributed by atoms with Crippen LogP contribution in [0.4, 0.5) is 5.69 Å². The van der Waals surface area contributed by atoms with Gasteiger partial charge in [0.2, 0.25) is 0 Å². The number of furan rings is 1. The first kappa shape index (κ1) is 21.5. The number of benzene rings is 1. The first-order valence-electron chi connectivity index (χ1n) is 11.1. The quantitative estimate of drug-likeness (QED) is 0.380. The van der Waals surface area contributed by atoms with Crippen molar-refractivity contribution in [1.29, 1.82) is 0 Å². The average Bonchev–Trinajstić information content (AvgIpc) is 3.21. The highest BCUT2D eigenvalue weighted by atomic mass is 16.5. The molecule has 2 aliphatic heterocycles. The topological polar surface area (TPSA) is 80.5 Å². The Morgan fingerprint density at radius 2 is 1.90 bits per heavy atom. The second-order valence-electron chi connectivity index (χ2n) is 7.63. The van der Waals surface area contributed by atoms with Crippen molar-refractivity contribution in [1.82, 2.24) is 10.2 Å². The molecule has 1 fully saturated rings. The van der Waals surface area contributed by atoms with Gasteiger partial charge < -0.3 is 29.3 Å². The molecule has 168 valence electrons. The van der Waals surface area contributed by atoms with Gasteiger partial charge in [-0.05, 0) is 30.7 Å². The van der Waals surface area contributed by atoms with Gasteiger partial charge in [-0.2, -0.15) is 0 Å². The summed E-state index contributed by atoms with van der Waals surface area (Å²) in [6.07, 6.45) is 4.39. The van der Waals surface area contributed by atoms with Gasteiger partial charge in [0.05, 0.1) is 32.7 Å². The Hall–Kier alpha value is -2.71. The Bertz CT molecular complexity index is 819. The summed E-state index contributed by atoms with van der Waals surface area (Å²) in [5.41, 5.74) is 0.918. The molecule has 0 bridgehead atoms. The number of hydrogen-bond donors (Lipinski definition) is 2. The molecule has 0 aliphatic carbocycles. The normalized spacial score (nSPS) is 17.2. The Morgan fingerprint density at radius 1 is 1.03 bits per heavy atom. The predicted octanol–water partition coefficient (Wildman–Crippen LogP) is 2.76. The lowest BCUT2D eigenvalue weighted by molar-refractivity contribution is 0.0377. The maximum atomic E-state index is 5.81. The van der Waals surface area contributed by atoms with Crippen LogP contribution in [0.2, 0.25) is 0 Å². The number of morpholine rings is 1. The average molecular weight is 429 g/mol. The summed E-state index contributed by atoms with van der Waals surface area (Å²) in [4.78, 5) is 7.22. The summed E-state index contributed by atoms with van der Waals surface area (Å²) < 4.78 is 22.4. The number of rotatable bonds is 8. The minimum Gasteiger partial charge on any atom is -0.490 e. The number of fused-ring (bicyclic) bond motifs is 1. The van der Waals surface area contributed by atoms with Crippen molar-refractivity contribution in [2.75, 3.05) is 64.5 Å². The van der Waals surface area contributed by atoms with Crippen molar-refractivity contribution in [2.24, 2.45) is 4.99 Å². The predicted molar refractivity (Wildman–Crippen MR) is 120 cm³/mol. The molecule has 8 nitrogen and oxygen atoms in total. The fourth-order valence-corrected chi connectivity index (χ4v) is 3.59. The van der Waals surface area contributed by atoms with E-state index >= 15 is 0 Å². The van der Waals surface area contributed by atoms with E-state index < -0.39 is 0 Å².